The van der Waals surface area contributed by atoms with Gasteiger partial charge in [0.1, 0.15) is 0 Å². The molecule has 1 unspecified atom stereocenters. The number of alkyl halides is 2. The van der Waals surface area contributed by atoms with Crippen LogP contribution in [0.2, 0.25) is 0 Å². The first kappa shape index (κ1) is 10.8. The standard InChI is InChI=1S/C8H17F2N/c1-6(2)4-8(9,10)5-7(3)11/h6-7H,4-5,11H2,1-3H3. The lowest BCUT2D eigenvalue weighted by Gasteiger charge is -2.19. The van der Waals surface area contributed by atoms with Crippen molar-refractivity contribution >= 4 is 0 Å². The summed E-state index contributed by atoms with van der Waals surface area (Å²) in [6.07, 6.45) is -0.264. The Kier molecular flexibility index (Phi) is 3.93. The van der Waals surface area contributed by atoms with Crippen molar-refractivity contribution in [2.24, 2.45) is 11.7 Å². The van der Waals surface area contributed by atoms with Crippen molar-refractivity contribution in [1.29, 1.82) is 0 Å². The minimum atomic E-state index is -2.58. The smallest absolute Gasteiger partial charge is 0.249 e. The van der Waals surface area contributed by atoms with Crippen molar-refractivity contribution in [1.82, 2.24) is 0 Å². The molecule has 0 aliphatic carbocycles. The van der Waals surface area contributed by atoms with Crippen molar-refractivity contribution in [3.63, 3.8) is 0 Å². The third-order valence-electron chi connectivity index (χ3n) is 1.33. The molecule has 0 bridgehead atoms. The highest BCUT2D eigenvalue weighted by Crippen LogP contribution is 2.27. The van der Waals surface area contributed by atoms with Gasteiger partial charge in [-0.2, -0.15) is 0 Å². The van der Waals surface area contributed by atoms with E-state index in [9.17, 15) is 8.78 Å². The molecule has 2 N–H and O–H groups in total. The number of hydrogen-bond donors (Lipinski definition) is 1. The van der Waals surface area contributed by atoms with E-state index in [2.05, 4.69) is 0 Å². The van der Waals surface area contributed by atoms with Crippen LogP contribution in [-0.2, 0) is 0 Å². The molecular weight excluding hydrogens is 148 g/mol. The second-order valence-corrected chi connectivity index (χ2v) is 3.64. The monoisotopic (exact) mass is 165 g/mol. The van der Waals surface area contributed by atoms with Gasteiger partial charge in [-0.3, -0.25) is 0 Å². The average Bonchev–Trinajstić information content (AvgIpc) is 1.53. The fraction of sp³-hybridized carbons (Fsp3) is 1.00. The van der Waals surface area contributed by atoms with Gasteiger partial charge in [-0.05, 0) is 12.8 Å². The van der Waals surface area contributed by atoms with Gasteiger partial charge < -0.3 is 5.73 Å². The van der Waals surface area contributed by atoms with E-state index in [4.69, 9.17) is 5.73 Å². The Morgan fingerprint density at radius 1 is 1.18 bits per heavy atom. The maximum Gasteiger partial charge on any atom is 0.249 e. The van der Waals surface area contributed by atoms with Gasteiger partial charge in [-0.25, -0.2) is 8.78 Å². The molecule has 0 aromatic rings. The fourth-order valence-electron chi connectivity index (χ4n) is 1.15. The Morgan fingerprint density at radius 2 is 1.64 bits per heavy atom. The highest BCUT2D eigenvalue weighted by Gasteiger charge is 2.30. The summed E-state index contributed by atoms with van der Waals surface area (Å²) in [6, 6.07) is -0.413. The molecule has 0 spiro atoms. The molecule has 68 valence electrons. The highest BCUT2D eigenvalue weighted by atomic mass is 19.3. The Hall–Kier alpha value is -0.180. The Bertz CT molecular complexity index is 98.7. The zero-order valence-corrected chi connectivity index (χ0v) is 7.40. The normalized spacial score (nSPS) is 15.5. The Balaban J connectivity index is 3.79. The van der Waals surface area contributed by atoms with Crippen molar-refractivity contribution in [3.05, 3.63) is 0 Å². The van der Waals surface area contributed by atoms with Gasteiger partial charge in [0.15, 0.2) is 0 Å². The van der Waals surface area contributed by atoms with Crippen molar-refractivity contribution < 1.29 is 8.78 Å². The first-order chi connectivity index (χ1) is 4.83. The molecule has 0 aliphatic rings. The zero-order valence-electron chi connectivity index (χ0n) is 7.40. The van der Waals surface area contributed by atoms with Crippen LogP contribution >= 0.6 is 0 Å². The molecule has 0 radical (unpaired) electrons. The van der Waals surface area contributed by atoms with Crippen LogP contribution in [0.3, 0.4) is 0 Å². The maximum absolute atomic E-state index is 12.8. The summed E-state index contributed by atoms with van der Waals surface area (Å²) < 4.78 is 25.7. The van der Waals surface area contributed by atoms with Crippen LogP contribution in [0.25, 0.3) is 0 Å². The van der Waals surface area contributed by atoms with Gasteiger partial charge >= 0.3 is 0 Å². The van der Waals surface area contributed by atoms with Gasteiger partial charge in [0.25, 0.3) is 0 Å². The second kappa shape index (κ2) is 4.00. The van der Waals surface area contributed by atoms with Crippen LogP contribution in [-0.4, -0.2) is 12.0 Å². The van der Waals surface area contributed by atoms with E-state index >= 15 is 0 Å². The number of halogens is 2. The van der Waals surface area contributed by atoms with Crippen LogP contribution in [0.4, 0.5) is 8.78 Å². The third kappa shape index (κ3) is 6.23. The lowest BCUT2D eigenvalue weighted by atomic mass is 10.0. The summed E-state index contributed by atoms with van der Waals surface area (Å²) in [5.74, 6) is -2.55. The van der Waals surface area contributed by atoms with E-state index in [0.717, 1.165) is 0 Å². The van der Waals surface area contributed by atoms with Crippen molar-refractivity contribution in [2.75, 3.05) is 0 Å². The third-order valence-corrected chi connectivity index (χ3v) is 1.33. The number of nitrogens with two attached hydrogens (primary N) is 1. The van der Waals surface area contributed by atoms with Crippen molar-refractivity contribution in [2.45, 2.75) is 45.6 Å². The SMILES string of the molecule is CC(C)CC(F)(F)CC(C)N. The first-order valence-electron chi connectivity index (χ1n) is 3.97. The van der Waals surface area contributed by atoms with Crippen LogP contribution in [0.5, 0.6) is 0 Å². The molecule has 11 heavy (non-hydrogen) atoms. The highest BCUT2D eigenvalue weighted by molar-refractivity contribution is 4.72. The zero-order chi connectivity index (χ0) is 9.07. The molecule has 3 heteroatoms. The van der Waals surface area contributed by atoms with Gasteiger partial charge in [0.2, 0.25) is 5.92 Å². The van der Waals surface area contributed by atoms with Crippen molar-refractivity contribution in [3.8, 4) is 0 Å². The minimum absolute atomic E-state index is 0.0312. The molecule has 0 amide bonds. The van der Waals surface area contributed by atoms with Crippen LogP contribution in [0.15, 0.2) is 0 Å². The summed E-state index contributed by atoms with van der Waals surface area (Å²) in [5, 5.41) is 0. The molecule has 0 heterocycles. The van der Waals surface area contributed by atoms with Gasteiger partial charge in [-0.1, -0.05) is 13.8 Å². The summed E-state index contributed by atoms with van der Waals surface area (Å²) in [6.45, 7) is 5.18. The van der Waals surface area contributed by atoms with Gasteiger partial charge in [0, 0.05) is 18.9 Å². The van der Waals surface area contributed by atoms with Gasteiger partial charge in [0.05, 0.1) is 0 Å². The maximum atomic E-state index is 12.8. The quantitative estimate of drug-likeness (QED) is 0.680. The lowest BCUT2D eigenvalue weighted by Crippen LogP contribution is -2.29. The average molecular weight is 165 g/mol. The molecule has 0 saturated carbocycles. The van der Waals surface area contributed by atoms with E-state index in [-0.39, 0.29) is 18.8 Å². The molecule has 0 aromatic heterocycles. The Labute approximate surface area is 67.0 Å². The second-order valence-electron chi connectivity index (χ2n) is 3.64. The van der Waals surface area contributed by atoms with Crippen LogP contribution in [0.1, 0.15) is 33.6 Å². The van der Waals surface area contributed by atoms with Gasteiger partial charge in [-0.15, -0.1) is 0 Å². The molecule has 1 atom stereocenters. The molecule has 0 rings (SSSR count). The van der Waals surface area contributed by atoms with E-state index in [0.29, 0.717) is 0 Å². The molecule has 0 saturated heterocycles. The Morgan fingerprint density at radius 3 is 1.91 bits per heavy atom. The molecule has 0 aromatic carbocycles. The van der Waals surface area contributed by atoms with E-state index in [1.165, 1.54) is 0 Å². The lowest BCUT2D eigenvalue weighted by molar-refractivity contribution is -0.0311. The molecular formula is C8H17F2N. The molecule has 0 aliphatic heterocycles. The minimum Gasteiger partial charge on any atom is -0.328 e. The van der Waals surface area contributed by atoms with E-state index in [1.807, 2.05) is 0 Å². The summed E-state index contributed by atoms with van der Waals surface area (Å²) in [7, 11) is 0. The summed E-state index contributed by atoms with van der Waals surface area (Å²) in [4.78, 5) is 0. The fourth-order valence-corrected chi connectivity index (χ4v) is 1.15. The largest absolute Gasteiger partial charge is 0.328 e. The van der Waals surface area contributed by atoms with Crippen LogP contribution in [0, 0.1) is 5.92 Å². The topological polar surface area (TPSA) is 26.0 Å². The first-order valence-corrected chi connectivity index (χ1v) is 3.97. The number of hydrogen-bond acceptors (Lipinski definition) is 1. The molecule has 1 nitrogen and oxygen atoms in total. The molecule has 0 fully saturated rings. The predicted molar refractivity (Wildman–Crippen MR) is 42.7 cm³/mol. The number of rotatable bonds is 4. The predicted octanol–water partition coefficient (Wildman–Crippen LogP) is 2.41. The van der Waals surface area contributed by atoms with E-state index < -0.39 is 12.0 Å². The van der Waals surface area contributed by atoms with E-state index in [1.54, 1.807) is 20.8 Å². The summed E-state index contributed by atoms with van der Waals surface area (Å²) in [5.41, 5.74) is 5.27. The van der Waals surface area contributed by atoms with Crippen LogP contribution < -0.4 is 5.73 Å². The summed E-state index contributed by atoms with van der Waals surface area (Å²) >= 11 is 0.